The van der Waals surface area contributed by atoms with E-state index in [1.807, 2.05) is 12.2 Å². The standard InChI is InChI=1S/C20H23ClFN5O3S/c21-15-3-1-14(2-4-15)11-20-24-19(13-26-7-9-30-10-8-26)25-27(20)18-6-5-16(12-17(18)22)31(23,28)29/h1,3,5-6,12H,2,4,7-11,13H2,(H2,23,28,29). The number of benzene rings is 1. The molecular formula is C20H23ClFN5O3S. The number of hydrogen-bond acceptors (Lipinski definition) is 6. The Balaban J connectivity index is 1.69. The van der Waals surface area contributed by atoms with Crippen LogP contribution in [0, 0.1) is 5.82 Å². The van der Waals surface area contributed by atoms with Crippen LogP contribution in [-0.2, 0) is 27.7 Å². The Labute approximate surface area is 185 Å². The highest BCUT2D eigenvalue weighted by atomic mass is 35.5. The number of sulfonamides is 1. The zero-order chi connectivity index (χ0) is 22.0. The zero-order valence-electron chi connectivity index (χ0n) is 16.8. The van der Waals surface area contributed by atoms with E-state index >= 15 is 0 Å². The third-order valence-corrected chi connectivity index (χ3v) is 6.46. The van der Waals surface area contributed by atoms with Crippen molar-refractivity contribution in [2.75, 3.05) is 26.3 Å². The van der Waals surface area contributed by atoms with E-state index in [-0.39, 0.29) is 10.6 Å². The lowest BCUT2D eigenvalue weighted by molar-refractivity contribution is 0.0330. The Morgan fingerprint density at radius 2 is 1.97 bits per heavy atom. The minimum absolute atomic E-state index is 0.119. The number of halogens is 2. The van der Waals surface area contributed by atoms with Crippen LogP contribution in [0.1, 0.15) is 24.5 Å². The quantitative estimate of drug-likeness (QED) is 0.699. The Hall–Kier alpha value is -2.11. The number of ether oxygens (including phenoxy) is 1. The fraction of sp³-hybridized carbons (Fsp3) is 0.400. The van der Waals surface area contributed by atoms with Crippen molar-refractivity contribution in [1.82, 2.24) is 19.7 Å². The van der Waals surface area contributed by atoms with Crippen LogP contribution in [0.15, 0.2) is 45.9 Å². The molecule has 2 N–H and O–H groups in total. The normalized spacial score (nSPS) is 18.0. The highest BCUT2D eigenvalue weighted by Crippen LogP contribution is 2.25. The van der Waals surface area contributed by atoms with Crippen molar-refractivity contribution in [1.29, 1.82) is 0 Å². The molecule has 1 aromatic heterocycles. The first kappa shape index (κ1) is 22.1. The Kier molecular flexibility index (Phi) is 6.54. The van der Waals surface area contributed by atoms with E-state index in [9.17, 15) is 12.8 Å². The Bertz CT molecular complexity index is 1140. The number of rotatable bonds is 6. The fourth-order valence-electron chi connectivity index (χ4n) is 3.57. The van der Waals surface area contributed by atoms with Gasteiger partial charge in [-0.25, -0.2) is 27.6 Å². The monoisotopic (exact) mass is 467 g/mol. The molecule has 1 aromatic carbocycles. The molecule has 2 heterocycles. The SMILES string of the molecule is NS(=O)(=O)c1ccc(-n2nc(CN3CCOCC3)nc2CC2=CC=C(Cl)CC2)c(F)c1. The molecule has 2 aromatic rings. The molecule has 0 radical (unpaired) electrons. The van der Waals surface area contributed by atoms with E-state index in [1.54, 1.807) is 0 Å². The molecule has 1 saturated heterocycles. The second kappa shape index (κ2) is 9.17. The second-order valence-corrected chi connectivity index (χ2v) is 9.56. The number of nitrogens with zero attached hydrogens (tertiary/aromatic N) is 4. The molecule has 8 nitrogen and oxygen atoms in total. The first-order valence-corrected chi connectivity index (χ1v) is 11.8. The van der Waals surface area contributed by atoms with Gasteiger partial charge in [0.15, 0.2) is 5.82 Å². The fourth-order valence-corrected chi connectivity index (χ4v) is 4.25. The van der Waals surface area contributed by atoms with Crippen LogP contribution in [0.25, 0.3) is 5.69 Å². The van der Waals surface area contributed by atoms with Crippen LogP contribution in [-0.4, -0.2) is 54.4 Å². The third-order valence-electron chi connectivity index (χ3n) is 5.23. The molecule has 1 aliphatic heterocycles. The van der Waals surface area contributed by atoms with E-state index in [1.165, 1.54) is 16.8 Å². The van der Waals surface area contributed by atoms with Crippen molar-refractivity contribution >= 4 is 21.6 Å². The summed E-state index contributed by atoms with van der Waals surface area (Å²) in [6, 6.07) is 3.53. The smallest absolute Gasteiger partial charge is 0.238 e. The number of primary sulfonamides is 1. The molecule has 0 unspecified atom stereocenters. The van der Waals surface area contributed by atoms with Crippen molar-refractivity contribution in [3.05, 3.63) is 58.4 Å². The summed E-state index contributed by atoms with van der Waals surface area (Å²) < 4.78 is 44.8. The van der Waals surface area contributed by atoms with Gasteiger partial charge in [0, 0.05) is 24.5 Å². The van der Waals surface area contributed by atoms with Gasteiger partial charge in [0.1, 0.15) is 17.3 Å². The summed E-state index contributed by atoms with van der Waals surface area (Å²) >= 11 is 6.06. The molecule has 11 heteroatoms. The number of aromatic nitrogens is 3. The molecule has 166 valence electrons. The van der Waals surface area contributed by atoms with Crippen LogP contribution in [0.2, 0.25) is 0 Å². The summed E-state index contributed by atoms with van der Waals surface area (Å²) in [5.74, 6) is 0.399. The van der Waals surface area contributed by atoms with E-state index in [2.05, 4.69) is 15.0 Å². The average Bonchev–Trinajstić information content (AvgIpc) is 3.11. The molecule has 1 fully saturated rings. The molecule has 31 heavy (non-hydrogen) atoms. The van der Waals surface area contributed by atoms with Gasteiger partial charge in [0.2, 0.25) is 10.0 Å². The maximum absolute atomic E-state index is 14.9. The van der Waals surface area contributed by atoms with Gasteiger partial charge in [-0.15, -0.1) is 5.10 Å². The predicted molar refractivity (Wildman–Crippen MR) is 114 cm³/mol. The van der Waals surface area contributed by atoms with Gasteiger partial charge in [-0.2, -0.15) is 0 Å². The number of hydrogen-bond donors (Lipinski definition) is 1. The summed E-state index contributed by atoms with van der Waals surface area (Å²) in [5, 5.41) is 10.5. The topological polar surface area (TPSA) is 103 Å². The van der Waals surface area contributed by atoms with E-state index < -0.39 is 15.8 Å². The summed E-state index contributed by atoms with van der Waals surface area (Å²) in [7, 11) is -4.01. The lowest BCUT2D eigenvalue weighted by Gasteiger charge is -2.25. The molecule has 0 atom stereocenters. The zero-order valence-corrected chi connectivity index (χ0v) is 18.4. The molecule has 1 aliphatic carbocycles. The van der Waals surface area contributed by atoms with Gasteiger partial charge < -0.3 is 4.74 Å². The van der Waals surface area contributed by atoms with E-state index in [0.717, 1.165) is 42.6 Å². The lowest BCUT2D eigenvalue weighted by atomic mass is 10.0. The van der Waals surface area contributed by atoms with Crippen LogP contribution < -0.4 is 5.14 Å². The van der Waals surface area contributed by atoms with Gasteiger partial charge in [-0.1, -0.05) is 23.3 Å². The molecule has 4 rings (SSSR count). The number of allylic oxidation sites excluding steroid dienone is 4. The Morgan fingerprint density at radius 3 is 2.61 bits per heavy atom. The summed E-state index contributed by atoms with van der Waals surface area (Å²) in [6.45, 7) is 3.37. The maximum atomic E-state index is 14.9. The van der Waals surface area contributed by atoms with Gasteiger partial charge in [0.25, 0.3) is 0 Å². The first-order chi connectivity index (χ1) is 14.8. The molecule has 0 bridgehead atoms. The van der Waals surface area contributed by atoms with Crippen molar-refractivity contribution in [3.8, 4) is 5.69 Å². The van der Waals surface area contributed by atoms with Crippen molar-refractivity contribution < 1.29 is 17.5 Å². The van der Waals surface area contributed by atoms with Crippen molar-refractivity contribution in [2.45, 2.75) is 30.7 Å². The van der Waals surface area contributed by atoms with Crippen LogP contribution in [0.5, 0.6) is 0 Å². The summed E-state index contributed by atoms with van der Waals surface area (Å²) in [4.78, 5) is 6.55. The molecule has 0 amide bonds. The molecule has 0 saturated carbocycles. The minimum atomic E-state index is -4.01. The van der Waals surface area contributed by atoms with Crippen LogP contribution in [0.4, 0.5) is 4.39 Å². The molecular weight excluding hydrogens is 445 g/mol. The minimum Gasteiger partial charge on any atom is -0.379 e. The van der Waals surface area contributed by atoms with E-state index in [0.29, 0.717) is 37.8 Å². The van der Waals surface area contributed by atoms with Crippen LogP contribution >= 0.6 is 11.6 Å². The van der Waals surface area contributed by atoms with Gasteiger partial charge in [0.05, 0.1) is 24.7 Å². The van der Waals surface area contributed by atoms with Gasteiger partial charge in [-0.3, -0.25) is 4.90 Å². The Morgan fingerprint density at radius 1 is 1.19 bits per heavy atom. The van der Waals surface area contributed by atoms with Crippen molar-refractivity contribution in [2.24, 2.45) is 5.14 Å². The number of nitrogens with two attached hydrogens (primary N) is 1. The molecule has 2 aliphatic rings. The van der Waals surface area contributed by atoms with Crippen LogP contribution in [0.3, 0.4) is 0 Å². The average molecular weight is 468 g/mol. The maximum Gasteiger partial charge on any atom is 0.238 e. The number of morpholine rings is 1. The predicted octanol–water partition coefficient (Wildman–Crippen LogP) is 2.27. The summed E-state index contributed by atoms with van der Waals surface area (Å²) in [6.07, 6.45) is 5.82. The molecule has 0 spiro atoms. The van der Waals surface area contributed by atoms with E-state index in [4.69, 9.17) is 21.5 Å². The summed E-state index contributed by atoms with van der Waals surface area (Å²) in [5.41, 5.74) is 1.23. The van der Waals surface area contributed by atoms with Gasteiger partial charge >= 0.3 is 0 Å². The highest BCUT2D eigenvalue weighted by Gasteiger charge is 2.21. The lowest BCUT2D eigenvalue weighted by Crippen LogP contribution is -2.36. The van der Waals surface area contributed by atoms with Gasteiger partial charge in [-0.05, 0) is 37.1 Å². The highest BCUT2D eigenvalue weighted by molar-refractivity contribution is 7.89. The third kappa shape index (κ3) is 5.39. The second-order valence-electron chi connectivity index (χ2n) is 7.52. The van der Waals surface area contributed by atoms with Crippen molar-refractivity contribution in [3.63, 3.8) is 0 Å². The largest absolute Gasteiger partial charge is 0.379 e. The first-order valence-electron chi connectivity index (χ1n) is 9.91.